The number of amides is 1. The molecule has 0 spiro atoms. The Morgan fingerprint density at radius 2 is 2.37 bits per heavy atom. The van der Waals surface area contributed by atoms with Crippen LogP contribution in [0.2, 0.25) is 0 Å². The second-order valence-corrected chi connectivity index (χ2v) is 3.74. The van der Waals surface area contributed by atoms with Gasteiger partial charge >= 0.3 is 0 Å². The molecule has 2 rings (SSSR count). The lowest BCUT2D eigenvalue weighted by atomic mass is 10.2. The van der Waals surface area contributed by atoms with Crippen LogP contribution in [0.25, 0.3) is 0 Å². The Hall–Kier alpha value is -2.58. The third kappa shape index (κ3) is 3.69. The van der Waals surface area contributed by atoms with E-state index in [-0.39, 0.29) is 12.5 Å². The fourth-order valence-electron chi connectivity index (χ4n) is 1.45. The number of rotatable bonds is 3. The summed E-state index contributed by atoms with van der Waals surface area (Å²) >= 11 is 0. The third-order valence-electron chi connectivity index (χ3n) is 2.35. The lowest BCUT2D eigenvalue weighted by molar-refractivity contribution is 0.0950. The van der Waals surface area contributed by atoms with E-state index in [0.29, 0.717) is 17.7 Å². The first-order valence-electron chi connectivity index (χ1n) is 5.63. The van der Waals surface area contributed by atoms with Gasteiger partial charge in [0.15, 0.2) is 0 Å². The van der Waals surface area contributed by atoms with Gasteiger partial charge in [-0.15, -0.1) is 0 Å². The predicted molar refractivity (Wildman–Crippen MR) is 68.1 cm³/mol. The van der Waals surface area contributed by atoms with Gasteiger partial charge in [0.1, 0.15) is 6.61 Å². The summed E-state index contributed by atoms with van der Waals surface area (Å²) in [6, 6.07) is 3.40. The molecule has 0 radical (unpaired) electrons. The number of nitrogens with one attached hydrogen (secondary N) is 1. The number of hydrogen-bond donors (Lipinski definition) is 2. The maximum Gasteiger partial charge on any atom is 0.253 e. The highest BCUT2D eigenvalue weighted by molar-refractivity contribution is 5.94. The highest BCUT2D eigenvalue weighted by atomic mass is 16.3. The lowest BCUT2D eigenvalue weighted by Gasteiger charge is -2.03. The van der Waals surface area contributed by atoms with Gasteiger partial charge in [-0.25, -0.2) is 0 Å². The topological polar surface area (TPSA) is 75.4 Å². The Morgan fingerprint density at radius 3 is 3.11 bits per heavy atom. The van der Waals surface area contributed by atoms with Gasteiger partial charge in [-0.1, -0.05) is 11.8 Å². The minimum absolute atomic E-state index is 0.225. The molecule has 0 saturated carbocycles. The van der Waals surface area contributed by atoms with Gasteiger partial charge in [0.05, 0.1) is 18.1 Å². The quantitative estimate of drug-likeness (QED) is 0.802. The fraction of sp³-hybridized carbons (Fsp3) is 0.143. The summed E-state index contributed by atoms with van der Waals surface area (Å²) in [5, 5.41) is 11.4. The van der Waals surface area contributed by atoms with Crippen molar-refractivity contribution in [2.75, 3.05) is 6.61 Å². The van der Waals surface area contributed by atoms with E-state index in [9.17, 15) is 4.79 Å². The normalized spacial score (nSPS) is 9.53. The van der Waals surface area contributed by atoms with E-state index in [1.54, 1.807) is 24.7 Å². The first-order valence-corrected chi connectivity index (χ1v) is 5.63. The molecule has 0 aromatic carbocycles. The van der Waals surface area contributed by atoms with Crippen molar-refractivity contribution in [3.8, 4) is 11.8 Å². The maximum absolute atomic E-state index is 11.9. The Kier molecular flexibility index (Phi) is 4.32. The van der Waals surface area contributed by atoms with Crippen molar-refractivity contribution in [1.29, 1.82) is 0 Å². The van der Waals surface area contributed by atoms with Gasteiger partial charge < -0.3 is 14.8 Å². The van der Waals surface area contributed by atoms with E-state index in [2.05, 4.69) is 22.1 Å². The number of pyridine rings is 1. The number of hydrogen-bond acceptors (Lipinski definition) is 4. The minimum atomic E-state index is -0.235. The first kappa shape index (κ1) is 12.9. The highest BCUT2D eigenvalue weighted by Gasteiger charge is 2.06. The zero-order valence-electron chi connectivity index (χ0n) is 10.1. The molecule has 2 heterocycles. The van der Waals surface area contributed by atoms with E-state index in [0.717, 1.165) is 5.56 Å². The average molecular weight is 256 g/mol. The Bertz CT molecular complexity index is 609. The maximum atomic E-state index is 11.9. The predicted octanol–water partition coefficient (Wildman–Crippen LogP) is 0.948. The van der Waals surface area contributed by atoms with Crippen molar-refractivity contribution in [2.45, 2.75) is 6.54 Å². The van der Waals surface area contributed by atoms with Crippen LogP contribution in [0, 0.1) is 11.8 Å². The lowest BCUT2D eigenvalue weighted by Crippen LogP contribution is -2.22. The van der Waals surface area contributed by atoms with Crippen LogP contribution in [0.1, 0.15) is 21.5 Å². The molecule has 5 heteroatoms. The molecule has 0 aliphatic heterocycles. The molecule has 0 aliphatic carbocycles. The summed E-state index contributed by atoms with van der Waals surface area (Å²) in [6.07, 6.45) is 6.13. The van der Waals surface area contributed by atoms with Gasteiger partial charge in [-0.05, 0) is 12.1 Å². The minimum Gasteiger partial charge on any atom is -0.472 e. The van der Waals surface area contributed by atoms with Crippen molar-refractivity contribution in [3.05, 3.63) is 53.7 Å². The third-order valence-corrected chi connectivity index (χ3v) is 2.35. The molecule has 19 heavy (non-hydrogen) atoms. The highest BCUT2D eigenvalue weighted by Crippen LogP contribution is 2.03. The summed E-state index contributed by atoms with van der Waals surface area (Å²) in [5.41, 5.74) is 1.90. The molecule has 0 atom stereocenters. The molecule has 0 unspecified atom stereocenters. The molecule has 0 bridgehead atoms. The zero-order valence-corrected chi connectivity index (χ0v) is 10.1. The van der Waals surface area contributed by atoms with Crippen LogP contribution in [0.15, 0.2) is 41.5 Å². The zero-order chi connectivity index (χ0) is 13.5. The molecule has 0 saturated heterocycles. The summed E-state index contributed by atoms with van der Waals surface area (Å²) < 4.78 is 4.91. The van der Waals surface area contributed by atoms with Crippen molar-refractivity contribution < 1.29 is 14.3 Å². The van der Waals surface area contributed by atoms with Crippen LogP contribution >= 0.6 is 0 Å². The van der Waals surface area contributed by atoms with Crippen molar-refractivity contribution in [2.24, 2.45) is 0 Å². The average Bonchev–Trinajstić information content (AvgIpc) is 2.96. The number of aliphatic hydroxyl groups is 1. The second-order valence-electron chi connectivity index (χ2n) is 3.74. The molecule has 0 fully saturated rings. The molecule has 2 aromatic heterocycles. The SMILES string of the molecule is O=C(NCc1ccoc1)c1cncc(C#CCO)c1. The molecule has 2 N–H and O–H groups in total. The van der Waals surface area contributed by atoms with E-state index >= 15 is 0 Å². The number of aliphatic hydroxyl groups excluding tert-OH is 1. The molecular weight excluding hydrogens is 244 g/mol. The van der Waals surface area contributed by atoms with Gasteiger partial charge in [-0.2, -0.15) is 0 Å². The molecule has 0 aliphatic rings. The molecule has 96 valence electrons. The summed E-state index contributed by atoms with van der Waals surface area (Å²) in [7, 11) is 0. The monoisotopic (exact) mass is 256 g/mol. The summed E-state index contributed by atoms with van der Waals surface area (Å²) in [6.45, 7) is 0.165. The van der Waals surface area contributed by atoms with E-state index < -0.39 is 0 Å². The van der Waals surface area contributed by atoms with Crippen LogP contribution in [-0.4, -0.2) is 22.6 Å². The number of carbonyl (C=O) groups is 1. The second kappa shape index (κ2) is 6.38. The van der Waals surface area contributed by atoms with E-state index in [1.165, 1.54) is 12.4 Å². The molecule has 5 nitrogen and oxygen atoms in total. The van der Waals surface area contributed by atoms with Crippen molar-refractivity contribution >= 4 is 5.91 Å². The molecular formula is C14H12N2O3. The van der Waals surface area contributed by atoms with Crippen LogP contribution < -0.4 is 5.32 Å². The summed E-state index contributed by atoms with van der Waals surface area (Å²) in [5.74, 6) is 4.97. The summed E-state index contributed by atoms with van der Waals surface area (Å²) in [4.78, 5) is 15.8. The van der Waals surface area contributed by atoms with Crippen LogP contribution in [-0.2, 0) is 6.54 Å². The van der Waals surface area contributed by atoms with Crippen LogP contribution in [0.5, 0.6) is 0 Å². The van der Waals surface area contributed by atoms with Crippen molar-refractivity contribution in [1.82, 2.24) is 10.3 Å². The number of carbonyl (C=O) groups excluding carboxylic acids is 1. The van der Waals surface area contributed by atoms with Gasteiger partial charge in [0.2, 0.25) is 0 Å². The largest absolute Gasteiger partial charge is 0.472 e. The standard InChI is InChI=1S/C14H12N2O3/c17-4-1-2-11-6-13(9-15-7-11)14(18)16-8-12-3-5-19-10-12/h3,5-7,9-10,17H,4,8H2,(H,16,18). The van der Waals surface area contributed by atoms with E-state index in [1.807, 2.05) is 0 Å². The number of furan rings is 1. The smallest absolute Gasteiger partial charge is 0.253 e. The van der Waals surface area contributed by atoms with Gasteiger partial charge in [0.25, 0.3) is 5.91 Å². The number of aromatic nitrogens is 1. The first-order chi connectivity index (χ1) is 9.29. The van der Waals surface area contributed by atoms with Crippen LogP contribution in [0.4, 0.5) is 0 Å². The number of nitrogens with zero attached hydrogens (tertiary/aromatic N) is 1. The fourth-order valence-corrected chi connectivity index (χ4v) is 1.45. The Morgan fingerprint density at radius 1 is 1.47 bits per heavy atom. The van der Waals surface area contributed by atoms with Gasteiger partial charge in [-0.3, -0.25) is 9.78 Å². The molecule has 1 amide bonds. The molecule has 2 aromatic rings. The van der Waals surface area contributed by atoms with Crippen LogP contribution in [0.3, 0.4) is 0 Å². The Labute approximate surface area is 110 Å². The Balaban J connectivity index is 2.02. The van der Waals surface area contributed by atoms with Gasteiger partial charge in [0, 0.05) is 30.1 Å². The van der Waals surface area contributed by atoms with E-state index in [4.69, 9.17) is 9.52 Å². The van der Waals surface area contributed by atoms with Crippen molar-refractivity contribution in [3.63, 3.8) is 0 Å².